The molecule has 0 radical (unpaired) electrons. The van der Waals surface area contributed by atoms with Gasteiger partial charge in [0.1, 0.15) is 12.4 Å². The van der Waals surface area contributed by atoms with Crippen molar-refractivity contribution in [1.29, 1.82) is 0 Å². The molecule has 0 aliphatic carbocycles. The molecule has 1 unspecified atom stereocenters. The number of benzene rings is 2. The first-order chi connectivity index (χ1) is 14.5. The Kier molecular flexibility index (Phi) is 6.56. The molecular weight excluding hydrogens is 386 g/mol. The Morgan fingerprint density at radius 2 is 1.83 bits per heavy atom. The molecule has 0 aliphatic rings. The Bertz CT molecular complexity index is 1060. The summed E-state index contributed by atoms with van der Waals surface area (Å²) in [6.45, 7) is 3.89. The fourth-order valence-electron chi connectivity index (χ4n) is 3.25. The molecule has 0 aliphatic heterocycles. The van der Waals surface area contributed by atoms with Gasteiger partial charge in [-0.3, -0.25) is 9.59 Å². The Morgan fingerprint density at radius 1 is 1.10 bits per heavy atom. The summed E-state index contributed by atoms with van der Waals surface area (Å²) in [4.78, 5) is 29.6. The van der Waals surface area contributed by atoms with Gasteiger partial charge in [-0.1, -0.05) is 12.1 Å². The van der Waals surface area contributed by atoms with E-state index in [9.17, 15) is 9.59 Å². The Balaban J connectivity index is 1.88. The topological polar surface area (TPSA) is 91.7 Å². The van der Waals surface area contributed by atoms with Crippen molar-refractivity contribution in [1.82, 2.24) is 14.9 Å². The first-order valence-electron chi connectivity index (χ1n) is 9.62. The average molecular weight is 411 g/mol. The molecule has 2 aromatic carbocycles. The minimum absolute atomic E-state index is 0.0141. The van der Waals surface area contributed by atoms with Gasteiger partial charge in [-0.2, -0.15) is 0 Å². The molecule has 1 N–H and O–H groups in total. The number of ether oxygens (including phenoxy) is 3. The molecule has 0 bridgehead atoms. The Labute approximate surface area is 174 Å². The lowest BCUT2D eigenvalue weighted by molar-refractivity contribution is -0.143. The number of fused-ring (bicyclic) bond motifs is 1. The van der Waals surface area contributed by atoms with Gasteiger partial charge in [-0.05, 0) is 44.2 Å². The molecule has 0 fully saturated rings. The third-order valence-corrected chi connectivity index (χ3v) is 4.66. The molecule has 30 heavy (non-hydrogen) atoms. The van der Waals surface area contributed by atoms with Gasteiger partial charge in [0.15, 0.2) is 11.5 Å². The number of aromatic nitrogens is 2. The zero-order valence-electron chi connectivity index (χ0n) is 17.5. The maximum absolute atomic E-state index is 12.8. The zero-order chi connectivity index (χ0) is 21.7. The smallest absolute Gasteiger partial charge is 0.326 e. The fraction of sp³-hybridized carbons (Fsp3) is 0.318. The number of nitrogens with zero attached hydrogens (tertiary/aromatic N) is 2. The van der Waals surface area contributed by atoms with Crippen LogP contribution in [-0.4, -0.2) is 42.3 Å². The predicted octanol–water partition coefficient (Wildman–Crippen LogP) is 3.11. The van der Waals surface area contributed by atoms with Crippen LogP contribution in [0, 0.1) is 0 Å². The highest BCUT2D eigenvalue weighted by Gasteiger charge is 2.21. The van der Waals surface area contributed by atoms with Crippen LogP contribution in [0.5, 0.6) is 11.5 Å². The minimum atomic E-state index is -0.451. The number of methoxy groups -OCH3 is 2. The van der Waals surface area contributed by atoms with Crippen LogP contribution >= 0.6 is 0 Å². The van der Waals surface area contributed by atoms with Gasteiger partial charge in [-0.15, -0.1) is 0 Å². The maximum atomic E-state index is 12.8. The molecular formula is C22H25N3O5. The van der Waals surface area contributed by atoms with Gasteiger partial charge in [0.2, 0.25) is 0 Å². The summed E-state index contributed by atoms with van der Waals surface area (Å²) in [6.07, 6.45) is 0. The van der Waals surface area contributed by atoms with Crippen molar-refractivity contribution in [2.45, 2.75) is 26.4 Å². The van der Waals surface area contributed by atoms with Crippen molar-refractivity contribution < 1.29 is 23.8 Å². The molecule has 8 nitrogen and oxygen atoms in total. The molecule has 0 spiro atoms. The van der Waals surface area contributed by atoms with E-state index in [-0.39, 0.29) is 18.4 Å². The molecule has 1 heterocycles. The number of rotatable bonds is 8. The van der Waals surface area contributed by atoms with E-state index in [1.807, 2.05) is 31.2 Å². The summed E-state index contributed by atoms with van der Waals surface area (Å²) in [5.41, 5.74) is 1.96. The zero-order valence-corrected chi connectivity index (χ0v) is 17.5. The fourth-order valence-corrected chi connectivity index (χ4v) is 3.25. The SMILES string of the molecule is CCOC(=O)Cn1c(C(C)NC(=O)c2ccc(OC)c(OC)c2)nc2ccccc21. The van der Waals surface area contributed by atoms with Crippen molar-refractivity contribution in [2.75, 3.05) is 20.8 Å². The third kappa shape index (κ3) is 4.37. The number of hydrogen-bond donors (Lipinski definition) is 1. The molecule has 1 atom stereocenters. The van der Waals surface area contributed by atoms with Crippen molar-refractivity contribution >= 4 is 22.9 Å². The van der Waals surface area contributed by atoms with E-state index in [0.717, 1.165) is 11.0 Å². The van der Waals surface area contributed by atoms with E-state index >= 15 is 0 Å². The predicted molar refractivity (Wildman–Crippen MR) is 112 cm³/mol. The maximum Gasteiger partial charge on any atom is 0.326 e. The molecule has 0 saturated carbocycles. The second kappa shape index (κ2) is 9.30. The molecule has 1 aromatic heterocycles. The van der Waals surface area contributed by atoms with Crippen LogP contribution in [0.1, 0.15) is 36.1 Å². The normalized spacial score (nSPS) is 11.7. The van der Waals surface area contributed by atoms with Gasteiger partial charge >= 0.3 is 5.97 Å². The van der Waals surface area contributed by atoms with Crippen LogP contribution in [0.3, 0.4) is 0 Å². The quantitative estimate of drug-likeness (QED) is 0.573. The summed E-state index contributed by atoms with van der Waals surface area (Å²) in [5, 5.41) is 2.94. The molecule has 1 amide bonds. The van der Waals surface area contributed by atoms with Crippen LogP contribution in [0.2, 0.25) is 0 Å². The van der Waals surface area contributed by atoms with Crippen LogP contribution in [-0.2, 0) is 16.1 Å². The van der Waals surface area contributed by atoms with Crippen molar-refractivity contribution in [3.63, 3.8) is 0 Å². The Morgan fingerprint density at radius 3 is 2.53 bits per heavy atom. The van der Waals surface area contributed by atoms with E-state index in [1.165, 1.54) is 14.2 Å². The number of para-hydroxylation sites is 2. The lowest BCUT2D eigenvalue weighted by Crippen LogP contribution is -2.29. The van der Waals surface area contributed by atoms with Crippen molar-refractivity contribution in [3.8, 4) is 11.5 Å². The molecule has 0 saturated heterocycles. The van der Waals surface area contributed by atoms with Crippen molar-refractivity contribution in [3.05, 3.63) is 53.9 Å². The standard InChI is InChI=1S/C22H25N3O5/c1-5-30-20(26)13-25-17-9-7-6-8-16(17)24-21(25)14(2)23-22(27)15-10-11-18(28-3)19(12-15)29-4/h6-12,14H,5,13H2,1-4H3,(H,23,27). The van der Waals surface area contributed by atoms with Gasteiger partial charge in [-0.25, -0.2) is 4.98 Å². The van der Waals surface area contributed by atoms with E-state index in [4.69, 9.17) is 14.2 Å². The number of hydrogen-bond acceptors (Lipinski definition) is 6. The first-order valence-corrected chi connectivity index (χ1v) is 9.62. The van der Waals surface area contributed by atoms with Crippen LogP contribution in [0.25, 0.3) is 11.0 Å². The average Bonchev–Trinajstić information content (AvgIpc) is 3.11. The van der Waals surface area contributed by atoms with E-state index < -0.39 is 6.04 Å². The van der Waals surface area contributed by atoms with E-state index in [1.54, 1.807) is 29.7 Å². The second-order valence-corrected chi connectivity index (χ2v) is 6.61. The third-order valence-electron chi connectivity index (χ3n) is 4.66. The number of imidazole rings is 1. The lowest BCUT2D eigenvalue weighted by Gasteiger charge is -2.16. The molecule has 3 aromatic rings. The van der Waals surface area contributed by atoms with Gasteiger partial charge < -0.3 is 24.1 Å². The lowest BCUT2D eigenvalue weighted by atomic mass is 10.1. The highest BCUT2D eigenvalue weighted by Crippen LogP contribution is 2.28. The first kappa shape index (κ1) is 21.2. The summed E-state index contributed by atoms with van der Waals surface area (Å²) >= 11 is 0. The molecule has 158 valence electrons. The highest BCUT2D eigenvalue weighted by molar-refractivity contribution is 5.95. The van der Waals surface area contributed by atoms with Crippen LogP contribution in [0.4, 0.5) is 0 Å². The van der Waals surface area contributed by atoms with Gasteiger partial charge in [0.05, 0.1) is 37.9 Å². The molecule has 3 rings (SSSR count). The van der Waals surface area contributed by atoms with E-state index in [2.05, 4.69) is 10.3 Å². The summed E-state index contributed by atoms with van der Waals surface area (Å²) < 4.78 is 17.3. The number of carbonyl (C=O) groups excluding carboxylic acids is 2. The van der Waals surface area contributed by atoms with Crippen LogP contribution in [0.15, 0.2) is 42.5 Å². The number of nitrogens with one attached hydrogen (secondary N) is 1. The summed E-state index contributed by atoms with van der Waals surface area (Å²) in [6, 6.07) is 12.0. The summed E-state index contributed by atoms with van der Waals surface area (Å²) in [7, 11) is 3.05. The van der Waals surface area contributed by atoms with Gasteiger partial charge in [0, 0.05) is 5.56 Å². The Hall–Kier alpha value is -3.55. The minimum Gasteiger partial charge on any atom is -0.493 e. The highest BCUT2D eigenvalue weighted by atomic mass is 16.5. The monoisotopic (exact) mass is 411 g/mol. The van der Waals surface area contributed by atoms with Crippen LogP contribution < -0.4 is 14.8 Å². The number of carbonyl (C=O) groups is 2. The summed E-state index contributed by atoms with van der Waals surface area (Å²) in [5.74, 6) is 0.919. The second-order valence-electron chi connectivity index (χ2n) is 6.61. The number of amides is 1. The van der Waals surface area contributed by atoms with Gasteiger partial charge in [0.25, 0.3) is 5.91 Å². The van der Waals surface area contributed by atoms with E-state index in [0.29, 0.717) is 29.5 Å². The number of esters is 1. The molecule has 8 heteroatoms. The largest absolute Gasteiger partial charge is 0.493 e. The van der Waals surface area contributed by atoms with Crippen molar-refractivity contribution in [2.24, 2.45) is 0 Å².